The first-order valence-corrected chi connectivity index (χ1v) is 10.3. The minimum atomic E-state index is -0.290. The number of carbonyl (C=O) groups excluding carboxylic acids is 4. The summed E-state index contributed by atoms with van der Waals surface area (Å²) in [5.74, 6) is -0.206. The summed E-state index contributed by atoms with van der Waals surface area (Å²) in [6.07, 6.45) is 1.84. The zero-order chi connectivity index (χ0) is 20.4. The van der Waals surface area contributed by atoms with Gasteiger partial charge in [0.1, 0.15) is 0 Å². The molecule has 0 spiro atoms. The van der Waals surface area contributed by atoms with Crippen LogP contribution in [0.5, 0.6) is 0 Å². The number of anilines is 2. The number of hydrogen-bond donors (Lipinski definition) is 2. The summed E-state index contributed by atoms with van der Waals surface area (Å²) in [7, 11) is 0. The third kappa shape index (κ3) is 4.65. The predicted octanol–water partition coefficient (Wildman–Crippen LogP) is 3.48. The summed E-state index contributed by atoms with van der Waals surface area (Å²) in [5.41, 5.74) is 2.44. The van der Waals surface area contributed by atoms with Crippen molar-refractivity contribution in [1.82, 2.24) is 4.90 Å². The Hall–Kier alpha value is -3.13. The monoisotopic (exact) mass is 409 g/mol. The van der Waals surface area contributed by atoms with E-state index in [9.17, 15) is 19.2 Å². The molecule has 0 unspecified atom stereocenters. The van der Waals surface area contributed by atoms with Gasteiger partial charge in [0.15, 0.2) is 0 Å². The van der Waals surface area contributed by atoms with E-state index >= 15 is 0 Å². The minimum absolute atomic E-state index is 0.00786. The summed E-state index contributed by atoms with van der Waals surface area (Å²) in [4.78, 5) is 49.0. The van der Waals surface area contributed by atoms with Crippen LogP contribution < -0.4 is 10.6 Å². The second-order valence-electron chi connectivity index (χ2n) is 7.03. The number of amides is 4. The van der Waals surface area contributed by atoms with Crippen LogP contribution in [0.4, 0.5) is 16.2 Å². The maximum absolute atomic E-state index is 12.5. The second-order valence-corrected chi connectivity index (χ2v) is 7.96. The average Bonchev–Trinajstić information content (AvgIpc) is 3.52. The van der Waals surface area contributed by atoms with Crippen molar-refractivity contribution in [3.63, 3.8) is 0 Å². The Morgan fingerprint density at radius 1 is 1.00 bits per heavy atom. The van der Waals surface area contributed by atoms with Crippen molar-refractivity contribution in [2.24, 2.45) is 5.92 Å². The van der Waals surface area contributed by atoms with Crippen molar-refractivity contribution < 1.29 is 19.2 Å². The van der Waals surface area contributed by atoms with Crippen molar-refractivity contribution in [3.8, 4) is 0 Å². The minimum Gasteiger partial charge on any atom is -0.326 e. The van der Waals surface area contributed by atoms with Gasteiger partial charge >= 0.3 is 0 Å². The molecule has 2 aromatic rings. The molecule has 1 aliphatic carbocycles. The third-order valence-electron chi connectivity index (χ3n) is 4.73. The molecule has 0 bridgehead atoms. The number of imide groups is 1. The molecule has 4 rings (SSSR count). The fourth-order valence-electron chi connectivity index (χ4n) is 2.94. The van der Waals surface area contributed by atoms with Crippen molar-refractivity contribution in [3.05, 3.63) is 59.7 Å². The Morgan fingerprint density at radius 3 is 2.41 bits per heavy atom. The fraction of sp³-hybridized carbons (Fsp3) is 0.238. The van der Waals surface area contributed by atoms with Crippen LogP contribution in [0.3, 0.4) is 0 Å². The molecule has 0 aromatic heterocycles. The SMILES string of the molecule is O=C(Nc1ccc(CN2C(=O)CSC2=O)cc1)c1cccc(NC(=O)C2CC2)c1. The summed E-state index contributed by atoms with van der Waals surface area (Å²) in [6.45, 7) is 0.224. The lowest BCUT2D eigenvalue weighted by Gasteiger charge is -2.13. The van der Waals surface area contributed by atoms with E-state index in [0.717, 1.165) is 30.2 Å². The van der Waals surface area contributed by atoms with Crippen molar-refractivity contribution in [1.29, 1.82) is 0 Å². The number of nitrogens with one attached hydrogen (secondary N) is 2. The highest BCUT2D eigenvalue weighted by Gasteiger charge is 2.30. The van der Waals surface area contributed by atoms with Gasteiger partial charge < -0.3 is 10.6 Å². The maximum atomic E-state index is 12.5. The summed E-state index contributed by atoms with van der Waals surface area (Å²) >= 11 is 1.01. The molecular formula is C21H19N3O4S. The van der Waals surface area contributed by atoms with Gasteiger partial charge in [0, 0.05) is 22.9 Å². The van der Waals surface area contributed by atoms with E-state index in [2.05, 4.69) is 10.6 Å². The van der Waals surface area contributed by atoms with E-state index in [1.54, 1.807) is 48.5 Å². The van der Waals surface area contributed by atoms with Crippen LogP contribution in [0, 0.1) is 5.92 Å². The van der Waals surface area contributed by atoms with Gasteiger partial charge in [0.05, 0.1) is 12.3 Å². The van der Waals surface area contributed by atoms with Crippen LogP contribution in [0.1, 0.15) is 28.8 Å². The fourth-order valence-corrected chi connectivity index (χ4v) is 3.67. The molecule has 29 heavy (non-hydrogen) atoms. The summed E-state index contributed by atoms with van der Waals surface area (Å²) in [6, 6.07) is 13.8. The largest absolute Gasteiger partial charge is 0.326 e. The first-order valence-electron chi connectivity index (χ1n) is 9.28. The van der Waals surface area contributed by atoms with Gasteiger partial charge in [0.25, 0.3) is 11.1 Å². The Morgan fingerprint density at radius 2 is 1.76 bits per heavy atom. The number of nitrogens with zero attached hydrogens (tertiary/aromatic N) is 1. The smallest absolute Gasteiger partial charge is 0.289 e. The molecule has 8 heteroatoms. The second kappa shape index (κ2) is 8.08. The number of hydrogen-bond acceptors (Lipinski definition) is 5. The van der Waals surface area contributed by atoms with Gasteiger partial charge in [-0.1, -0.05) is 30.0 Å². The molecule has 148 valence electrons. The normalized spacial score (nSPS) is 16.1. The molecule has 7 nitrogen and oxygen atoms in total. The molecule has 1 saturated carbocycles. The first kappa shape index (κ1) is 19.2. The number of benzene rings is 2. The highest BCUT2D eigenvalue weighted by Crippen LogP contribution is 2.30. The van der Waals surface area contributed by atoms with E-state index in [1.807, 2.05) is 0 Å². The van der Waals surface area contributed by atoms with E-state index in [-0.39, 0.29) is 41.2 Å². The molecule has 0 radical (unpaired) electrons. The van der Waals surface area contributed by atoms with Crippen LogP contribution in [0.2, 0.25) is 0 Å². The van der Waals surface area contributed by atoms with Gasteiger partial charge in [-0.2, -0.15) is 0 Å². The molecule has 0 atom stereocenters. The van der Waals surface area contributed by atoms with E-state index in [4.69, 9.17) is 0 Å². The molecule has 1 heterocycles. The van der Waals surface area contributed by atoms with Crippen molar-refractivity contribution >= 4 is 46.1 Å². The van der Waals surface area contributed by atoms with Crippen LogP contribution in [-0.2, 0) is 16.1 Å². The van der Waals surface area contributed by atoms with Crippen LogP contribution in [-0.4, -0.2) is 33.6 Å². The quantitative estimate of drug-likeness (QED) is 0.762. The lowest BCUT2D eigenvalue weighted by atomic mass is 10.1. The molecule has 2 aromatic carbocycles. The molecule has 2 fully saturated rings. The zero-order valence-electron chi connectivity index (χ0n) is 15.5. The van der Waals surface area contributed by atoms with E-state index < -0.39 is 0 Å². The van der Waals surface area contributed by atoms with E-state index in [1.165, 1.54) is 4.90 Å². The third-order valence-corrected chi connectivity index (χ3v) is 5.59. The van der Waals surface area contributed by atoms with Gasteiger partial charge in [-0.3, -0.25) is 24.1 Å². The van der Waals surface area contributed by atoms with Crippen molar-refractivity contribution in [2.75, 3.05) is 16.4 Å². The van der Waals surface area contributed by atoms with Crippen LogP contribution in [0.25, 0.3) is 0 Å². The molecule has 1 saturated heterocycles. The van der Waals surface area contributed by atoms with Crippen LogP contribution in [0.15, 0.2) is 48.5 Å². The first-order chi connectivity index (χ1) is 14.0. The van der Waals surface area contributed by atoms with Gasteiger partial charge in [-0.25, -0.2) is 0 Å². The summed E-state index contributed by atoms with van der Waals surface area (Å²) in [5, 5.41) is 5.41. The Balaban J connectivity index is 1.37. The lowest BCUT2D eigenvalue weighted by molar-refractivity contribution is -0.125. The molecule has 2 N–H and O–H groups in total. The zero-order valence-corrected chi connectivity index (χ0v) is 16.3. The molecule has 1 aliphatic heterocycles. The topological polar surface area (TPSA) is 95.6 Å². The Labute approximate surface area is 171 Å². The molecule has 4 amide bonds. The lowest BCUT2D eigenvalue weighted by Crippen LogP contribution is -2.27. The Bertz CT molecular complexity index is 970. The maximum Gasteiger partial charge on any atom is 0.289 e. The van der Waals surface area contributed by atoms with Crippen molar-refractivity contribution in [2.45, 2.75) is 19.4 Å². The van der Waals surface area contributed by atoms with Crippen LogP contribution >= 0.6 is 11.8 Å². The van der Waals surface area contributed by atoms with Gasteiger partial charge in [0.2, 0.25) is 11.8 Å². The predicted molar refractivity (Wildman–Crippen MR) is 111 cm³/mol. The molecule has 2 aliphatic rings. The summed E-state index contributed by atoms with van der Waals surface area (Å²) < 4.78 is 0. The standard InChI is InChI=1S/C21H19N3O4S/c25-18-12-29-21(28)24(18)11-13-4-8-16(9-5-13)22-20(27)15-2-1-3-17(10-15)23-19(26)14-6-7-14/h1-5,8-10,14H,6-7,11-12H2,(H,22,27)(H,23,26). The highest BCUT2D eigenvalue weighted by molar-refractivity contribution is 8.14. The number of rotatable bonds is 6. The van der Waals surface area contributed by atoms with Gasteiger partial charge in [-0.15, -0.1) is 0 Å². The van der Waals surface area contributed by atoms with Gasteiger partial charge in [-0.05, 0) is 48.7 Å². The molecular weight excluding hydrogens is 390 g/mol. The average molecular weight is 409 g/mol. The highest BCUT2D eigenvalue weighted by atomic mass is 32.2. The Kier molecular flexibility index (Phi) is 5.35. The number of carbonyl (C=O) groups is 4. The van der Waals surface area contributed by atoms with E-state index in [0.29, 0.717) is 16.9 Å². The number of thioether (sulfide) groups is 1.